The van der Waals surface area contributed by atoms with Gasteiger partial charge in [-0.2, -0.15) is 0 Å². The molecule has 1 aromatic carbocycles. The summed E-state index contributed by atoms with van der Waals surface area (Å²) in [7, 11) is 0. The number of hydrogen-bond acceptors (Lipinski definition) is 5. The fourth-order valence-corrected chi connectivity index (χ4v) is 2.23. The Morgan fingerprint density at radius 2 is 2.11 bits per heavy atom. The van der Waals surface area contributed by atoms with Gasteiger partial charge in [-0.25, -0.2) is 0 Å². The molecule has 0 spiro atoms. The first-order valence-electron chi connectivity index (χ1n) is 6.20. The average molecular weight is 265 g/mol. The van der Waals surface area contributed by atoms with Crippen molar-refractivity contribution >= 4 is 12.0 Å². The Bertz CT molecular complexity index is 488. The van der Waals surface area contributed by atoms with Crippen LogP contribution in [0.1, 0.15) is 36.0 Å². The lowest BCUT2D eigenvalue weighted by molar-refractivity contribution is -0.386. The van der Waals surface area contributed by atoms with E-state index in [4.69, 9.17) is 4.74 Å². The lowest BCUT2D eigenvalue weighted by Gasteiger charge is -2.27. The van der Waals surface area contributed by atoms with Gasteiger partial charge < -0.3 is 9.84 Å². The van der Waals surface area contributed by atoms with Crippen molar-refractivity contribution in [1.29, 1.82) is 0 Å². The molecule has 2 unspecified atom stereocenters. The quantitative estimate of drug-likeness (QED) is 0.511. The molecule has 0 aliphatic heterocycles. The second-order valence-corrected chi connectivity index (χ2v) is 4.61. The number of aldehydes is 1. The normalized spacial score (nSPS) is 22.8. The van der Waals surface area contributed by atoms with Crippen LogP contribution >= 0.6 is 0 Å². The summed E-state index contributed by atoms with van der Waals surface area (Å²) in [5, 5.41) is 20.8. The lowest BCUT2D eigenvalue weighted by Crippen LogP contribution is -2.34. The molecule has 0 saturated heterocycles. The largest absolute Gasteiger partial charge is 0.481 e. The molecule has 102 valence electrons. The molecule has 1 aliphatic carbocycles. The van der Waals surface area contributed by atoms with E-state index in [1.165, 1.54) is 18.2 Å². The molecular formula is C13H15NO5. The number of nitrogens with zero attached hydrogens (tertiary/aromatic N) is 1. The first kappa shape index (κ1) is 13.5. The summed E-state index contributed by atoms with van der Waals surface area (Å²) in [5.41, 5.74) is -0.0226. The third-order valence-corrected chi connectivity index (χ3v) is 3.26. The van der Waals surface area contributed by atoms with E-state index in [2.05, 4.69) is 0 Å². The Kier molecular flexibility index (Phi) is 4.11. The first-order chi connectivity index (χ1) is 9.11. The van der Waals surface area contributed by atoms with Crippen molar-refractivity contribution in [3.05, 3.63) is 33.9 Å². The molecule has 1 fully saturated rings. The van der Waals surface area contributed by atoms with Gasteiger partial charge in [0, 0.05) is 11.6 Å². The highest BCUT2D eigenvalue weighted by atomic mass is 16.6. The van der Waals surface area contributed by atoms with Crippen molar-refractivity contribution in [2.45, 2.75) is 37.9 Å². The van der Waals surface area contributed by atoms with Crippen molar-refractivity contribution in [2.24, 2.45) is 0 Å². The summed E-state index contributed by atoms with van der Waals surface area (Å²) in [6.07, 6.45) is 2.72. The van der Waals surface area contributed by atoms with Gasteiger partial charge in [-0.1, -0.05) is 6.42 Å². The van der Waals surface area contributed by atoms with Gasteiger partial charge in [0.15, 0.2) is 5.75 Å². The van der Waals surface area contributed by atoms with E-state index in [1.54, 1.807) is 0 Å². The molecule has 2 atom stereocenters. The molecule has 1 N–H and O–H groups in total. The van der Waals surface area contributed by atoms with Crippen LogP contribution in [0.15, 0.2) is 18.2 Å². The zero-order chi connectivity index (χ0) is 13.8. The van der Waals surface area contributed by atoms with Crippen molar-refractivity contribution in [1.82, 2.24) is 0 Å². The van der Waals surface area contributed by atoms with Gasteiger partial charge in [0.2, 0.25) is 0 Å². The predicted octanol–water partition coefficient (Wildman–Crippen LogP) is 2.09. The second kappa shape index (κ2) is 5.79. The van der Waals surface area contributed by atoms with E-state index in [0.717, 1.165) is 12.8 Å². The van der Waals surface area contributed by atoms with Gasteiger partial charge in [0.1, 0.15) is 12.4 Å². The fraction of sp³-hybridized carbons (Fsp3) is 0.462. The fourth-order valence-electron chi connectivity index (χ4n) is 2.23. The Balaban J connectivity index is 2.23. The van der Waals surface area contributed by atoms with Crippen molar-refractivity contribution in [3.63, 3.8) is 0 Å². The average Bonchev–Trinajstić information content (AvgIpc) is 2.41. The highest BCUT2D eigenvalue weighted by Crippen LogP contribution is 2.31. The van der Waals surface area contributed by atoms with Crippen molar-refractivity contribution in [2.75, 3.05) is 0 Å². The molecule has 0 radical (unpaired) electrons. The maximum absolute atomic E-state index is 11.0. The molecule has 1 aromatic rings. The summed E-state index contributed by atoms with van der Waals surface area (Å²) in [4.78, 5) is 21.0. The summed E-state index contributed by atoms with van der Waals surface area (Å²) in [6, 6.07) is 4.05. The number of ether oxygens (including phenoxy) is 1. The van der Waals surface area contributed by atoms with Gasteiger partial charge in [0.25, 0.3) is 0 Å². The van der Waals surface area contributed by atoms with Crippen molar-refractivity contribution in [3.8, 4) is 5.75 Å². The molecule has 0 aromatic heterocycles. The van der Waals surface area contributed by atoms with Crippen LogP contribution in [0.25, 0.3) is 0 Å². The molecule has 6 nitrogen and oxygen atoms in total. The molecule has 0 bridgehead atoms. The molecule has 6 heteroatoms. The molecule has 2 rings (SSSR count). The third-order valence-electron chi connectivity index (χ3n) is 3.26. The van der Waals surface area contributed by atoms with Crippen LogP contribution < -0.4 is 4.74 Å². The third kappa shape index (κ3) is 3.08. The highest BCUT2D eigenvalue weighted by Gasteiger charge is 2.27. The van der Waals surface area contributed by atoms with E-state index in [1.807, 2.05) is 0 Å². The Hall–Kier alpha value is -1.95. The van der Waals surface area contributed by atoms with E-state index >= 15 is 0 Å². The number of aliphatic hydroxyl groups is 1. The van der Waals surface area contributed by atoms with E-state index in [-0.39, 0.29) is 17.0 Å². The number of aliphatic hydroxyl groups excluding tert-OH is 1. The summed E-state index contributed by atoms with van der Waals surface area (Å²) in [6.45, 7) is 0. The lowest BCUT2D eigenvalue weighted by atomic mass is 9.95. The SMILES string of the molecule is O=Cc1ccc(OC2CCCCC2O)c([N+](=O)[O-])c1. The van der Waals surface area contributed by atoms with Crippen molar-refractivity contribution < 1.29 is 19.6 Å². The van der Waals surface area contributed by atoms with Crippen LogP contribution in [0, 0.1) is 10.1 Å². The molecule has 1 saturated carbocycles. The van der Waals surface area contributed by atoms with Crippen LogP contribution in [-0.2, 0) is 0 Å². The number of carbonyl (C=O) groups excluding carboxylic acids is 1. The van der Waals surface area contributed by atoms with E-state index < -0.39 is 17.1 Å². The topological polar surface area (TPSA) is 89.7 Å². The standard InChI is InChI=1S/C13H15NO5/c15-8-9-5-6-12(10(7-9)14(17)18)19-13-4-2-1-3-11(13)16/h5-8,11,13,16H,1-4H2. The Morgan fingerprint density at radius 3 is 2.74 bits per heavy atom. The van der Waals surface area contributed by atoms with Gasteiger partial charge in [-0.3, -0.25) is 14.9 Å². The maximum Gasteiger partial charge on any atom is 0.311 e. The molecule has 19 heavy (non-hydrogen) atoms. The van der Waals surface area contributed by atoms with E-state index in [9.17, 15) is 20.0 Å². The van der Waals surface area contributed by atoms with Gasteiger partial charge in [-0.05, 0) is 31.4 Å². The van der Waals surface area contributed by atoms with Gasteiger partial charge in [0.05, 0.1) is 11.0 Å². The number of nitro benzene ring substituents is 1. The van der Waals surface area contributed by atoms with Crippen LogP contribution in [0.5, 0.6) is 5.75 Å². The van der Waals surface area contributed by atoms with Crippen LogP contribution in [0.3, 0.4) is 0 Å². The van der Waals surface area contributed by atoms with Gasteiger partial charge >= 0.3 is 5.69 Å². The van der Waals surface area contributed by atoms with Crippen LogP contribution in [-0.4, -0.2) is 28.5 Å². The van der Waals surface area contributed by atoms with Crippen LogP contribution in [0.4, 0.5) is 5.69 Å². The number of hydrogen-bond donors (Lipinski definition) is 1. The predicted molar refractivity (Wildman–Crippen MR) is 67.4 cm³/mol. The number of benzene rings is 1. The monoisotopic (exact) mass is 265 g/mol. The number of nitro groups is 1. The summed E-state index contributed by atoms with van der Waals surface area (Å²) in [5.74, 6) is 0.0987. The zero-order valence-electron chi connectivity index (χ0n) is 10.3. The minimum Gasteiger partial charge on any atom is -0.481 e. The van der Waals surface area contributed by atoms with E-state index in [0.29, 0.717) is 19.1 Å². The minimum atomic E-state index is -0.598. The zero-order valence-corrected chi connectivity index (χ0v) is 10.3. The Morgan fingerprint density at radius 1 is 1.37 bits per heavy atom. The van der Waals surface area contributed by atoms with Gasteiger partial charge in [-0.15, -0.1) is 0 Å². The van der Waals surface area contributed by atoms with Crippen LogP contribution in [0.2, 0.25) is 0 Å². The molecule has 1 aliphatic rings. The molecule has 0 heterocycles. The molecule has 0 amide bonds. The number of carbonyl (C=O) groups is 1. The molecular weight excluding hydrogens is 250 g/mol. The number of rotatable bonds is 4. The Labute approximate surface area is 110 Å². The minimum absolute atomic E-state index is 0.0987. The summed E-state index contributed by atoms with van der Waals surface area (Å²) < 4.78 is 5.55. The first-order valence-corrected chi connectivity index (χ1v) is 6.20. The highest BCUT2D eigenvalue weighted by molar-refractivity contribution is 5.77. The maximum atomic E-state index is 11.0. The summed E-state index contributed by atoms with van der Waals surface area (Å²) >= 11 is 0. The second-order valence-electron chi connectivity index (χ2n) is 4.61. The smallest absolute Gasteiger partial charge is 0.311 e.